The maximum absolute atomic E-state index is 13.5. The van der Waals surface area contributed by atoms with Crippen molar-refractivity contribution in [2.24, 2.45) is 5.73 Å². The van der Waals surface area contributed by atoms with Gasteiger partial charge < -0.3 is 5.73 Å². The van der Waals surface area contributed by atoms with Gasteiger partial charge >= 0.3 is 0 Å². The smallest absolute Gasteiger partial charge is 0.145 e. The molecule has 0 saturated carbocycles. The first-order valence-corrected chi connectivity index (χ1v) is 6.82. The average Bonchev–Trinajstić information content (AvgIpc) is 2.25. The van der Waals surface area contributed by atoms with E-state index in [2.05, 4.69) is 0 Å². The fraction of sp³-hybridized carbons (Fsp3) is 0.455. The molecule has 90 valence electrons. The Morgan fingerprint density at radius 2 is 2.25 bits per heavy atom. The molecule has 0 heterocycles. The normalized spacial score (nSPS) is 14.8. The molecule has 0 spiro atoms. The predicted molar refractivity (Wildman–Crippen MR) is 66.4 cm³/mol. The molecule has 0 radical (unpaired) electrons. The Bertz CT molecular complexity index is 386. The molecule has 2 unspecified atom stereocenters. The Labute approximate surface area is 102 Å². The van der Waals surface area contributed by atoms with Crippen LogP contribution in [0, 0.1) is 5.82 Å². The monoisotopic (exact) mass is 263 g/mol. The molecule has 0 bridgehead atoms. The van der Waals surface area contributed by atoms with Crippen molar-refractivity contribution in [3.05, 3.63) is 34.6 Å². The largest absolute Gasteiger partial charge is 0.330 e. The van der Waals surface area contributed by atoms with Gasteiger partial charge in [0.25, 0.3) is 0 Å². The SMILES string of the molecule is CC(CCN)S(=O)Cc1cccc(Cl)c1F. The molecular weight excluding hydrogens is 249 g/mol. The molecule has 0 aliphatic carbocycles. The lowest BCUT2D eigenvalue weighted by molar-refractivity contribution is 0.614. The molecule has 0 amide bonds. The molecule has 2 N–H and O–H groups in total. The van der Waals surface area contributed by atoms with E-state index in [4.69, 9.17) is 17.3 Å². The van der Waals surface area contributed by atoms with Gasteiger partial charge in [0.2, 0.25) is 0 Å². The number of hydrogen-bond acceptors (Lipinski definition) is 2. The van der Waals surface area contributed by atoms with Crippen LogP contribution in [0.5, 0.6) is 0 Å². The second kappa shape index (κ2) is 6.33. The second-order valence-electron chi connectivity index (χ2n) is 3.63. The Morgan fingerprint density at radius 3 is 2.88 bits per heavy atom. The molecule has 5 heteroatoms. The van der Waals surface area contributed by atoms with Crippen LogP contribution in [0.25, 0.3) is 0 Å². The Morgan fingerprint density at radius 1 is 1.56 bits per heavy atom. The van der Waals surface area contributed by atoms with Gasteiger partial charge in [0.05, 0.1) is 10.8 Å². The molecule has 2 atom stereocenters. The summed E-state index contributed by atoms with van der Waals surface area (Å²) in [5, 5.41) is 0.0457. The lowest BCUT2D eigenvalue weighted by Gasteiger charge is -2.10. The van der Waals surface area contributed by atoms with Gasteiger partial charge in [-0.3, -0.25) is 4.21 Å². The van der Waals surface area contributed by atoms with E-state index in [0.29, 0.717) is 18.5 Å². The van der Waals surface area contributed by atoms with Gasteiger partial charge in [0, 0.05) is 21.6 Å². The summed E-state index contributed by atoms with van der Waals surface area (Å²) in [7, 11) is -1.11. The maximum Gasteiger partial charge on any atom is 0.145 e. The lowest BCUT2D eigenvalue weighted by Crippen LogP contribution is -2.17. The number of benzene rings is 1. The minimum absolute atomic E-state index is 0.0246. The van der Waals surface area contributed by atoms with Crippen molar-refractivity contribution < 1.29 is 8.60 Å². The van der Waals surface area contributed by atoms with Crippen molar-refractivity contribution in [2.45, 2.75) is 24.3 Å². The van der Waals surface area contributed by atoms with Gasteiger partial charge in [-0.2, -0.15) is 0 Å². The molecule has 0 saturated heterocycles. The van der Waals surface area contributed by atoms with Gasteiger partial charge in [-0.1, -0.05) is 30.7 Å². The molecule has 1 aromatic rings. The topological polar surface area (TPSA) is 43.1 Å². The van der Waals surface area contributed by atoms with E-state index in [1.807, 2.05) is 6.92 Å². The fourth-order valence-electron chi connectivity index (χ4n) is 1.32. The number of halogens is 2. The molecule has 1 rings (SSSR count). The van der Waals surface area contributed by atoms with Crippen LogP contribution in [0.1, 0.15) is 18.9 Å². The van der Waals surface area contributed by atoms with Crippen LogP contribution in [0.15, 0.2) is 18.2 Å². The summed E-state index contributed by atoms with van der Waals surface area (Å²) in [4.78, 5) is 0. The third kappa shape index (κ3) is 3.54. The Balaban J connectivity index is 2.73. The zero-order valence-electron chi connectivity index (χ0n) is 9.08. The molecule has 0 aliphatic heterocycles. The molecule has 1 aromatic carbocycles. The van der Waals surface area contributed by atoms with E-state index in [-0.39, 0.29) is 16.0 Å². The highest BCUT2D eigenvalue weighted by atomic mass is 35.5. The standard InChI is InChI=1S/C11H15ClFNOS/c1-8(5-6-14)16(15)7-9-3-2-4-10(12)11(9)13/h2-4,8H,5-7,14H2,1H3. The van der Waals surface area contributed by atoms with Crippen LogP contribution in [0.2, 0.25) is 5.02 Å². The van der Waals surface area contributed by atoms with E-state index in [0.717, 1.165) is 0 Å². The van der Waals surface area contributed by atoms with Gasteiger partial charge in [-0.15, -0.1) is 0 Å². The van der Waals surface area contributed by atoms with E-state index < -0.39 is 16.6 Å². The zero-order chi connectivity index (χ0) is 12.1. The van der Waals surface area contributed by atoms with E-state index >= 15 is 0 Å². The van der Waals surface area contributed by atoms with Crippen molar-refractivity contribution in [2.75, 3.05) is 6.54 Å². The third-order valence-corrected chi connectivity index (χ3v) is 4.37. The minimum Gasteiger partial charge on any atom is -0.330 e. The maximum atomic E-state index is 13.5. The molecule has 0 aromatic heterocycles. The summed E-state index contributed by atoms with van der Waals surface area (Å²) >= 11 is 5.64. The quantitative estimate of drug-likeness (QED) is 0.887. The Kier molecular flexibility index (Phi) is 5.38. The summed E-state index contributed by atoms with van der Waals surface area (Å²) in [5.74, 6) is -0.287. The van der Waals surface area contributed by atoms with Crippen molar-refractivity contribution >= 4 is 22.4 Å². The van der Waals surface area contributed by atoms with Crippen LogP contribution in [0.4, 0.5) is 4.39 Å². The van der Waals surface area contributed by atoms with Crippen LogP contribution < -0.4 is 5.73 Å². The van der Waals surface area contributed by atoms with Crippen molar-refractivity contribution in [3.63, 3.8) is 0 Å². The molecular formula is C11H15ClFNOS. The van der Waals surface area contributed by atoms with Gasteiger partial charge in [-0.05, 0) is 19.0 Å². The highest BCUT2D eigenvalue weighted by molar-refractivity contribution is 7.84. The van der Waals surface area contributed by atoms with Crippen LogP contribution in [-0.4, -0.2) is 16.0 Å². The summed E-state index contributed by atoms with van der Waals surface area (Å²) in [5.41, 5.74) is 5.78. The first-order chi connectivity index (χ1) is 7.56. The molecule has 16 heavy (non-hydrogen) atoms. The second-order valence-corrected chi connectivity index (χ2v) is 5.89. The predicted octanol–water partition coefficient (Wildman–Crippen LogP) is 2.47. The fourth-order valence-corrected chi connectivity index (χ4v) is 2.73. The summed E-state index contributed by atoms with van der Waals surface area (Å²) in [6.45, 7) is 2.34. The van der Waals surface area contributed by atoms with E-state index in [9.17, 15) is 8.60 Å². The van der Waals surface area contributed by atoms with Crippen molar-refractivity contribution in [1.29, 1.82) is 0 Å². The van der Waals surface area contributed by atoms with Gasteiger partial charge in [-0.25, -0.2) is 4.39 Å². The summed E-state index contributed by atoms with van der Waals surface area (Å²) in [6, 6.07) is 4.74. The van der Waals surface area contributed by atoms with Crippen LogP contribution in [0.3, 0.4) is 0 Å². The van der Waals surface area contributed by atoms with E-state index in [1.54, 1.807) is 12.1 Å². The summed E-state index contributed by atoms with van der Waals surface area (Å²) < 4.78 is 25.3. The first kappa shape index (κ1) is 13.6. The van der Waals surface area contributed by atoms with Crippen molar-refractivity contribution in [1.82, 2.24) is 0 Å². The molecule has 0 fully saturated rings. The highest BCUT2D eigenvalue weighted by Gasteiger charge is 2.14. The third-order valence-electron chi connectivity index (χ3n) is 2.35. The number of hydrogen-bond donors (Lipinski definition) is 1. The highest BCUT2D eigenvalue weighted by Crippen LogP contribution is 2.20. The first-order valence-electron chi connectivity index (χ1n) is 5.06. The minimum atomic E-state index is -1.11. The number of rotatable bonds is 5. The lowest BCUT2D eigenvalue weighted by atomic mass is 10.2. The van der Waals surface area contributed by atoms with Crippen LogP contribution >= 0.6 is 11.6 Å². The summed E-state index contributed by atoms with van der Waals surface area (Å²) in [6.07, 6.45) is 0.675. The molecule has 2 nitrogen and oxygen atoms in total. The Hall–Kier alpha value is -0.450. The van der Waals surface area contributed by atoms with Crippen molar-refractivity contribution in [3.8, 4) is 0 Å². The average molecular weight is 264 g/mol. The van der Waals surface area contributed by atoms with Crippen LogP contribution in [-0.2, 0) is 16.6 Å². The molecule has 0 aliphatic rings. The zero-order valence-corrected chi connectivity index (χ0v) is 10.7. The van der Waals surface area contributed by atoms with Gasteiger partial charge in [0.15, 0.2) is 0 Å². The number of nitrogens with two attached hydrogens (primary N) is 1. The van der Waals surface area contributed by atoms with Gasteiger partial charge in [0.1, 0.15) is 5.82 Å². The van der Waals surface area contributed by atoms with E-state index in [1.165, 1.54) is 6.07 Å².